The third-order valence-corrected chi connectivity index (χ3v) is 25.7. The number of benzene rings is 18. The molecule has 28 aromatic carbocycles. The predicted molar refractivity (Wildman–Crippen MR) is 290 cm³/mol. The Kier molecular flexibility index (Phi) is 2.05. The highest BCUT2D eigenvalue weighted by atomic mass is 15.2. The van der Waals surface area contributed by atoms with Crippen LogP contribution in [0, 0.1) is 0 Å². The third-order valence-electron chi connectivity index (χ3n) is 25.7. The minimum Gasteiger partial charge on any atom is -0.291 e. The summed E-state index contributed by atoms with van der Waals surface area (Å²) >= 11 is 0. The summed E-state index contributed by atoms with van der Waals surface area (Å²) < 4.78 is 0. The normalized spacial score (nSPS) is 25.3. The average molecular weight is 830 g/mol. The molecular weight excluding hydrogens is 819 g/mol. The zero-order valence-electron chi connectivity index (χ0n) is 35.2. The van der Waals surface area contributed by atoms with Crippen LogP contribution >= 0.6 is 0 Å². The monoisotopic (exact) mass is 829 g/mol. The van der Waals surface area contributed by atoms with Crippen LogP contribution in [-0.4, -0.2) is 24.0 Å². The van der Waals surface area contributed by atoms with Crippen molar-refractivity contribution in [1.82, 2.24) is 4.90 Å². The summed E-state index contributed by atoms with van der Waals surface area (Å²) in [6.45, 7) is 9.98. The molecule has 4 aliphatic carbocycles. The topological polar surface area (TPSA) is 3.24 Å². The second kappa shape index (κ2) is 5.53. The summed E-state index contributed by atoms with van der Waals surface area (Å²) in [5.74, 6) is 0. The van der Waals surface area contributed by atoms with Gasteiger partial charge in [0.05, 0.1) is 10.8 Å². The van der Waals surface area contributed by atoms with Gasteiger partial charge in [-0.15, -0.1) is 13.2 Å². The molecule has 68 heavy (non-hydrogen) atoms. The second-order valence-electron chi connectivity index (χ2n) is 25.4. The van der Waals surface area contributed by atoms with Gasteiger partial charge in [-0.2, -0.15) is 0 Å². The maximum absolute atomic E-state index is 4.99. The van der Waals surface area contributed by atoms with E-state index in [4.69, 9.17) is 13.2 Å². The Balaban J connectivity index is 1.25. The van der Waals surface area contributed by atoms with Crippen LogP contribution in [0.1, 0.15) is 22.3 Å². The quantitative estimate of drug-likeness (QED) is 0.124. The van der Waals surface area contributed by atoms with Crippen LogP contribution in [0.25, 0.3) is 291 Å². The first-order valence-electron chi connectivity index (χ1n) is 25.5. The van der Waals surface area contributed by atoms with Gasteiger partial charge in [0.25, 0.3) is 0 Å². The smallest absolute Gasteiger partial charge is 0.0575 e. The molecule has 284 valence electrons. The molecule has 1 heterocycles. The van der Waals surface area contributed by atoms with Crippen molar-refractivity contribution in [2.24, 2.45) is 0 Å². The molecule has 5 aliphatic rings. The van der Waals surface area contributed by atoms with Gasteiger partial charge >= 0.3 is 0 Å². The van der Waals surface area contributed by atoms with Gasteiger partial charge in [-0.05, 0) is 320 Å². The summed E-state index contributed by atoms with van der Waals surface area (Å²) in [6, 6.07) is 0.197. The van der Waals surface area contributed by atoms with Gasteiger partial charge in [-0.1, -0.05) is 12.2 Å². The molecular formula is C67H11N. The van der Waals surface area contributed by atoms with Gasteiger partial charge in [0, 0.05) is 12.1 Å². The van der Waals surface area contributed by atoms with Crippen LogP contribution in [0.5, 0.6) is 0 Å². The molecule has 0 unspecified atom stereocenters. The number of hydrogen-bond donors (Lipinski definition) is 0. The lowest BCUT2D eigenvalue weighted by atomic mass is 9.46. The average Bonchev–Trinajstić information content (AvgIpc) is 4.28. The summed E-state index contributed by atoms with van der Waals surface area (Å²) in [5, 5.41) is 89.3. The highest BCUT2D eigenvalue weighted by Crippen LogP contribution is 2.86. The number of hydrogen-bond acceptors (Lipinski definition) is 1. The minimum atomic E-state index is -0.353. The molecule has 0 N–H and O–H groups in total. The molecule has 1 fully saturated rings. The van der Waals surface area contributed by atoms with Crippen molar-refractivity contribution in [1.29, 1.82) is 0 Å². The van der Waals surface area contributed by atoms with Crippen LogP contribution in [0.4, 0.5) is 0 Å². The first kappa shape index (κ1) is 25.1. The van der Waals surface area contributed by atoms with Crippen molar-refractivity contribution in [3.05, 3.63) is 47.6 Å². The van der Waals surface area contributed by atoms with Crippen molar-refractivity contribution in [2.75, 3.05) is 7.05 Å². The van der Waals surface area contributed by atoms with Gasteiger partial charge < -0.3 is 0 Å². The summed E-state index contributed by atoms with van der Waals surface area (Å²) in [6.07, 6.45) is 4.91. The third kappa shape index (κ3) is 1.24. The Hall–Kier alpha value is -8.10. The first-order valence-corrected chi connectivity index (χ1v) is 25.5. The van der Waals surface area contributed by atoms with E-state index in [1.54, 1.807) is 313 Å². The second-order valence-corrected chi connectivity index (χ2v) is 25.4. The van der Waals surface area contributed by atoms with Gasteiger partial charge in [0.2, 0.25) is 0 Å². The SMILES string of the molecule is C=C[C@H]1N(C)[C@H](C=C)C23c4c5c6c7c8c9c(c%10c%11c2c2c4c4c%12c5c5c6c6c8c8c%13c9c9c%10c%10c%11c%11c2c2c4c4c%12c%12c5c5c6c8c6c8c%13c9c9c%10c%10c%11c2c2c4c4c%12c5c6c5c8c9c%10c2c45)C713. The molecule has 0 bridgehead atoms. The van der Waals surface area contributed by atoms with Crippen LogP contribution < -0.4 is 0 Å². The maximum Gasteiger partial charge on any atom is 0.0575 e. The number of nitrogens with zero attached hydrogens (tertiary/aromatic N) is 1. The highest BCUT2D eigenvalue weighted by Gasteiger charge is 2.77. The molecule has 0 saturated carbocycles. The van der Waals surface area contributed by atoms with Crippen molar-refractivity contribution in [2.45, 2.75) is 22.9 Å². The fourth-order valence-electron chi connectivity index (χ4n) is 25.9. The highest BCUT2D eigenvalue weighted by molar-refractivity contribution is 6.82. The summed E-state index contributed by atoms with van der Waals surface area (Å²) in [5.41, 5.74) is 6.16. The van der Waals surface area contributed by atoms with E-state index in [1.807, 2.05) is 0 Å². The Labute approximate surface area is 371 Å². The molecule has 0 amide bonds. The van der Waals surface area contributed by atoms with E-state index in [0.717, 1.165) is 0 Å². The van der Waals surface area contributed by atoms with Crippen molar-refractivity contribution in [3.63, 3.8) is 0 Å². The van der Waals surface area contributed by atoms with Crippen LogP contribution in [-0.2, 0) is 10.8 Å². The van der Waals surface area contributed by atoms with E-state index in [-0.39, 0.29) is 22.9 Å². The van der Waals surface area contributed by atoms with Gasteiger partial charge in [-0.3, -0.25) is 4.90 Å². The minimum absolute atomic E-state index is 0.0984. The zero-order valence-corrected chi connectivity index (χ0v) is 35.2. The molecule has 1 heteroatoms. The lowest BCUT2D eigenvalue weighted by molar-refractivity contribution is 0.285. The Morgan fingerprint density at radius 3 is 0.426 bits per heavy atom. The Bertz CT molecular complexity index is 6570. The molecule has 2 spiro atoms. The van der Waals surface area contributed by atoms with Gasteiger partial charge in [-0.25, -0.2) is 0 Å². The van der Waals surface area contributed by atoms with Crippen molar-refractivity contribution in [3.8, 4) is 0 Å². The van der Waals surface area contributed by atoms with E-state index < -0.39 is 0 Å². The van der Waals surface area contributed by atoms with Gasteiger partial charge in [0.1, 0.15) is 0 Å². The molecule has 0 radical (unpaired) electrons. The van der Waals surface area contributed by atoms with Crippen molar-refractivity contribution < 1.29 is 0 Å². The lowest BCUT2D eigenvalue weighted by Crippen LogP contribution is -2.55. The Morgan fingerprint density at radius 2 is 0.324 bits per heavy atom. The predicted octanol–water partition coefficient (Wildman–Crippen LogP) is 17.3. The molecule has 1 aliphatic heterocycles. The zero-order chi connectivity index (χ0) is 40.6. The fourth-order valence-corrected chi connectivity index (χ4v) is 25.9. The number of rotatable bonds is 2. The van der Waals surface area contributed by atoms with Crippen molar-refractivity contribution >= 4 is 291 Å². The van der Waals surface area contributed by atoms with Gasteiger partial charge in [0.15, 0.2) is 0 Å². The van der Waals surface area contributed by atoms with Crippen LogP contribution in [0.3, 0.4) is 0 Å². The largest absolute Gasteiger partial charge is 0.291 e. The standard InChI is InChI=1S/C67H11N/c1-4-6-66-62-54-46-36-26-18-10-8-9-12-16-14(10)22-30-24(16)34-28-20(12)21-13(9)17-15-11(8)19(18)27-33-23(15)31-25(17)35-29(21)39-38(28)48-42(34)52-44(30)50(40(46)32(22)26)58(62)60(52)64-56(48)57-49(39)43(35)53-45(31)51-41(33)47(37(27)36)55(54)63(66)59(51)61(53)65(57)67(64,66)7(5-2)68(6)3/h4-7H,1-2H2,3H3/t6-,7-,66?,67?/m1/s1. The molecule has 0 aromatic heterocycles. The van der Waals surface area contributed by atoms with Crippen LogP contribution in [0.2, 0.25) is 0 Å². The number of likely N-dealkylation sites (tertiary alicyclic amines) is 1. The summed E-state index contributed by atoms with van der Waals surface area (Å²) in [7, 11) is 2.49. The maximum atomic E-state index is 4.99. The fraction of sp³-hybridized carbons (Fsp3) is 0.0746. The molecule has 33 rings (SSSR count). The number of likely N-dealkylation sites (N-methyl/N-ethyl adjacent to an activating group) is 1. The lowest BCUT2D eigenvalue weighted by Gasteiger charge is -2.52. The van der Waals surface area contributed by atoms with E-state index >= 15 is 0 Å². The van der Waals surface area contributed by atoms with E-state index in [0.29, 0.717) is 0 Å². The molecule has 1 nitrogen and oxygen atoms in total. The molecule has 28 aromatic rings. The van der Waals surface area contributed by atoms with E-state index in [1.165, 1.54) is 0 Å². The Morgan fingerprint density at radius 1 is 0.221 bits per heavy atom. The van der Waals surface area contributed by atoms with Crippen LogP contribution in [0.15, 0.2) is 25.3 Å². The summed E-state index contributed by atoms with van der Waals surface area (Å²) in [4.78, 5) is 2.82. The molecule has 2 atom stereocenters. The van der Waals surface area contributed by atoms with E-state index in [9.17, 15) is 0 Å². The first-order chi connectivity index (χ1) is 33.8. The molecule has 1 saturated heterocycles. The van der Waals surface area contributed by atoms with E-state index in [2.05, 4.69) is 24.1 Å².